The van der Waals surface area contributed by atoms with Crippen LogP contribution in [0.25, 0.3) is 0 Å². The molecule has 1 amide bonds. The van der Waals surface area contributed by atoms with Gasteiger partial charge in [0.25, 0.3) is 5.91 Å². The van der Waals surface area contributed by atoms with Gasteiger partial charge in [0.2, 0.25) is 0 Å². The second-order valence-electron chi connectivity index (χ2n) is 6.03. The molecule has 5 heteroatoms. The summed E-state index contributed by atoms with van der Waals surface area (Å²) in [4.78, 5) is 12.5. The third-order valence-electron chi connectivity index (χ3n) is 3.96. The van der Waals surface area contributed by atoms with Gasteiger partial charge < -0.3 is 14.8 Å². The van der Waals surface area contributed by atoms with E-state index in [-0.39, 0.29) is 17.9 Å². The lowest BCUT2D eigenvalue weighted by Gasteiger charge is -2.27. The summed E-state index contributed by atoms with van der Waals surface area (Å²) in [6.45, 7) is 5.63. The number of amides is 1. The summed E-state index contributed by atoms with van der Waals surface area (Å²) in [7, 11) is 1.54. The molecule has 1 aromatic rings. The summed E-state index contributed by atoms with van der Waals surface area (Å²) < 4.78 is 11.0. The number of rotatable bonds is 6. The minimum Gasteiger partial charge on any atom is -0.491 e. The maximum atomic E-state index is 12.5. The minimum absolute atomic E-state index is 0.0265. The molecule has 0 bridgehead atoms. The highest BCUT2D eigenvalue weighted by atomic mass is 16.5. The molecular weight excluding hydrogens is 280 g/mol. The third kappa shape index (κ3) is 3.40. The molecule has 118 valence electrons. The van der Waals surface area contributed by atoms with Crippen molar-refractivity contribution < 1.29 is 14.3 Å². The van der Waals surface area contributed by atoms with E-state index in [0.29, 0.717) is 17.0 Å². The van der Waals surface area contributed by atoms with Crippen molar-refractivity contribution in [1.29, 1.82) is 5.26 Å². The lowest BCUT2D eigenvalue weighted by molar-refractivity contribution is -0.138. The van der Waals surface area contributed by atoms with Crippen LogP contribution in [0.15, 0.2) is 18.2 Å². The Bertz CT molecular complexity index is 602. The van der Waals surface area contributed by atoms with E-state index < -0.39 is 5.60 Å². The molecule has 1 fully saturated rings. The molecule has 0 radical (unpaired) electrons. The van der Waals surface area contributed by atoms with Crippen LogP contribution in [0.3, 0.4) is 0 Å². The quantitative estimate of drug-likeness (QED) is 0.876. The van der Waals surface area contributed by atoms with Gasteiger partial charge in [0, 0.05) is 13.2 Å². The van der Waals surface area contributed by atoms with Gasteiger partial charge in [0.1, 0.15) is 17.4 Å². The van der Waals surface area contributed by atoms with Gasteiger partial charge in [-0.1, -0.05) is 0 Å². The Balaban J connectivity index is 2.18. The molecule has 2 rings (SSSR count). The van der Waals surface area contributed by atoms with E-state index in [9.17, 15) is 10.1 Å². The number of nitrogens with zero attached hydrogens (tertiary/aromatic N) is 1. The standard InChI is InChI=1S/C17H22N2O3/c1-11(2)22-14-7-8-15(12(9-14)10-18)19-16(20)17(3,21-4)13-5-6-13/h7-9,11,13H,5-6H2,1-4H3,(H,19,20)/t17-/m1/s1. The van der Waals surface area contributed by atoms with Crippen molar-refractivity contribution in [2.24, 2.45) is 5.92 Å². The Kier molecular flexibility index (Phi) is 4.72. The Morgan fingerprint density at radius 2 is 2.14 bits per heavy atom. The number of ether oxygens (including phenoxy) is 2. The fourth-order valence-corrected chi connectivity index (χ4v) is 2.40. The average molecular weight is 302 g/mol. The van der Waals surface area contributed by atoms with Gasteiger partial charge in [-0.05, 0) is 51.7 Å². The number of methoxy groups -OCH3 is 1. The van der Waals surface area contributed by atoms with Crippen molar-refractivity contribution in [1.82, 2.24) is 0 Å². The lowest BCUT2D eigenvalue weighted by atomic mass is 9.98. The molecule has 0 unspecified atom stereocenters. The number of hydrogen-bond acceptors (Lipinski definition) is 4. The Morgan fingerprint density at radius 3 is 2.64 bits per heavy atom. The number of anilines is 1. The zero-order valence-electron chi connectivity index (χ0n) is 13.5. The molecule has 0 aromatic heterocycles. The van der Waals surface area contributed by atoms with Crippen LogP contribution in [0, 0.1) is 17.2 Å². The molecule has 22 heavy (non-hydrogen) atoms. The van der Waals surface area contributed by atoms with Crippen LogP contribution < -0.4 is 10.1 Å². The summed E-state index contributed by atoms with van der Waals surface area (Å²) in [5, 5.41) is 12.1. The molecule has 1 aliphatic rings. The third-order valence-corrected chi connectivity index (χ3v) is 3.96. The van der Waals surface area contributed by atoms with E-state index in [1.165, 1.54) is 0 Å². The van der Waals surface area contributed by atoms with Crippen molar-refractivity contribution >= 4 is 11.6 Å². The Hall–Kier alpha value is -2.06. The number of benzene rings is 1. The lowest BCUT2D eigenvalue weighted by Crippen LogP contribution is -2.44. The van der Waals surface area contributed by atoms with E-state index in [0.717, 1.165) is 12.8 Å². The van der Waals surface area contributed by atoms with Crippen molar-refractivity contribution in [3.05, 3.63) is 23.8 Å². The molecule has 1 aromatic carbocycles. The Labute approximate surface area is 131 Å². The molecule has 0 aliphatic heterocycles. The average Bonchev–Trinajstić information content (AvgIpc) is 3.32. The molecule has 0 saturated heterocycles. The molecule has 1 N–H and O–H groups in total. The van der Waals surface area contributed by atoms with E-state index in [4.69, 9.17) is 9.47 Å². The van der Waals surface area contributed by atoms with Gasteiger partial charge in [-0.2, -0.15) is 5.26 Å². The van der Waals surface area contributed by atoms with Crippen molar-refractivity contribution in [3.63, 3.8) is 0 Å². The van der Waals surface area contributed by atoms with Crippen LogP contribution >= 0.6 is 0 Å². The first-order valence-electron chi connectivity index (χ1n) is 7.48. The fraction of sp³-hybridized carbons (Fsp3) is 0.529. The van der Waals surface area contributed by atoms with Crippen LogP contribution in [0.1, 0.15) is 39.2 Å². The first-order valence-corrected chi connectivity index (χ1v) is 7.48. The number of nitrogens with one attached hydrogen (secondary N) is 1. The second kappa shape index (κ2) is 6.37. The fourth-order valence-electron chi connectivity index (χ4n) is 2.40. The summed E-state index contributed by atoms with van der Waals surface area (Å²) in [5.74, 6) is 0.638. The van der Waals surface area contributed by atoms with Crippen molar-refractivity contribution in [2.45, 2.75) is 45.3 Å². The highest BCUT2D eigenvalue weighted by molar-refractivity contribution is 5.98. The normalized spacial score (nSPS) is 16.7. The zero-order valence-corrected chi connectivity index (χ0v) is 13.5. The molecule has 1 atom stereocenters. The van der Waals surface area contributed by atoms with E-state index >= 15 is 0 Å². The van der Waals surface area contributed by atoms with Gasteiger partial charge in [-0.25, -0.2) is 0 Å². The number of hydrogen-bond donors (Lipinski definition) is 1. The van der Waals surface area contributed by atoms with E-state index in [1.54, 1.807) is 32.2 Å². The minimum atomic E-state index is -0.847. The van der Waals surface area contributed by atoms with Crippen LogP contribution in [0.5, 0.6) is 5.75 Å². The summed E-state index contributed by atoms with van der Waals surface area (Å²) in [6, 6.07) is 7.17. The van der Waals surface area contributed by atoms with Crippen LogP contribution in [-0.4, -0.2) is 24.7 Å². The molecule has 1 aliphatic carbocycles. The van der Waals surface area contributed by atoms with Gasteiger partial charge in [-0.15, -0.1) is 0 Å². The molecular formula is C17H22N2O3. The topological polar surface area (TPSA) is 71.3 Å². The maximum absolute atomic E-state index is 12.5. The smallest absolute Gasteiger partial charge is 0.256 e. The van der Waals surface area contributed by atoms with E-state index in [1.807, 2.05) is 13.8 Å². The van der Waals surface area contributed by atoms with Gasteiger partial charge in [-0.3, -0.25) is 4.79 Å². The predicted octanol–water partition coefficient (Wildman–Crippen LogP) is 3.10. The van der Waals surface area contributed by atoms with Crippen LogP contribution in [-0.2, 0) is 9.53 Å². The molecule has 0 spiro atoms. The monoisotopic (exact) mass is 302 g/mol. The zero-order chi connectivity index (χ0) is 16.3. The van der Waals surface area contributed by atoms with Crippen molar-refractivity contribution in [3.8, 4) is 11.8 Å². The summed E-state index contributed by atoms with van der Waals surface area (Å²) in [6.07, 6.45) is 2.01. The molecule has 5 nitrogen and oxygen atoms in total. The first-order chi connectivity index (χ1) is 10.4. The summed E-state index contributed by atoms with van der Waals surface area (Å²) >= 11 is 0. The van der Waals surface area contributed by atoms with Gasteiger partial charge in [0.05, 0.1) is 17.4 Å². The van der Waals surface area contributed by atoms with E-state index in [2.05, 4.69) is 11.4 Å². The molecule has 0 heterocycles. The van der Waals surface area contributed by atoms with Crippen LogP contribution in [0.4, 0.5) is 5.69 Å². The SMILES string of the molecule is CO[C@@](C)(C(=O)Nc1ccc(OC(C)C)cc1C#N)C1CC1. The predicted molar refractivity (Wildman–Crippen MR) is 83.7 cm³/mol. The summed E-state index contributed by atoms with van der Waals surface area (Å²) in [5.41, 5.74) is 0.00750. The first kappa shape index (κ1) is 16.3. The number of carbonyl (C=O) groups is 1. The van der Waals surface area contributed by atoms with Gasteiger partial charge >= 0.3 is 0 Å². The van der Waals surface area contributed by atoms with Crippen molar-refractivity contribution in [2.75, 3.05) is 12.4 Å². The maximum Gasteiger partial charge on any atom is 0.256 e. The highest BCUT2D eigenvalue weighted by Gasteiger charge is 2.47. The number of carbonyl (C=O) groups excluding carboxylic acids is 1. The highest BCUT2D eigenvalue weighted by Crippen LogP contribution is 2.42. The largest absolute Gasteiger partial charge is 0.491 e. The van der Waals surface area contributed by atoms with Gasteiger partial charge in [0.15, 0.2) is 0 Å². The second-order valence-corrected chi connectivity index (χ2v) is 6.03. The van der Waals surface area contributed by atoms with Crippen LogP contribution in [0.2, 0.25) is 0 Å². The Morgan fingerprint density at radius 1 is 1.45 bits per heavy atom. The molecule has 1 saturated carbocycles. The number of nitriles is 1.